The fourth-order valence-corrected chi connectivity index (χ4v) is 4.90. The van der Waals surface area contributed by atoms with E-state index in [1.165, 1.54) is 70.1 Å². The zero-order chi connectivity index (χ0) is 16.9. The summed E-state index contributed by atoms with van der Waals surface area (Å²) in [4.78, 5) is 5.10. The average molecular weight is 349 g/mol. The summed E-state index contributed by atoms with van der Waals surface area (Å²) < 4.78 is 0. The second-order valence-corrected chi connectivity index (χ2v) is 8.49. The van der Waals surface area contributed by atoms with Crippen LogP contribution in [0.3, 0.4) is 0 Å². The molecule has 3 rings (SSSR count). The van der Waals surface area contributed by atoms with Crippen LogP contribution in [-0.4, -0.2) is 49.6 Å². The first-order valence-corrected chi connectivity index (χ1v) is 10.2. The Kier molecular flexibility index (Phi) is 6.60. The van der Waals surface area contributed by atoms with E-state index in [4.69, 9.17) is 11.6 Å². The third-order valence-corrected chi connectivity index (χ3v) is 6.47. The fraction of sp³-hybridized carbons (Fsp3) is 0.714. The Balaban J connectivity index is 1.68. The molecule has 24 heavy (non-hydrogen) atoms. The first-order valence-electron chi connectivity index (χ1n) is 9.77. The smallest absolute Gasteiger partial charge is 0.0408 e. The molecule has 0 aromatic heterocycles. The van der Waals surface area contributed by atoms with Gasteiger partial charge in [0.1, 0.15) is 0 Å². The molecule has 0 bridgehead atoms. The maximum absolute atomic E-state index is 6.31. The van der Waals surface area contributed by atoms with Crippen LogP contribution in [0.15, 0.2) is 24.3 Å². The number of nitrogens with zero attached hydrogens (tertiary/aromatic N) is 2. The van der Waals surface area contributed by atoms with Gasteiger partial charge in [-0.3, -0.25) is 0 Å². The minimum absolute atomic E-state index is 0.653. The van der Waals surface area contributed by atoms with Crippen LogP contribution in [0.25, 0.3) is 0 Å². The molecule has 0 N–H and O–H groups in total. The minimum Gasteiger partial charge on any atom is -0.306 e. The molecule has 1 saturated carbocycles. The van der Waals surface area contributed by atoms with Crippen LogP contribution in [0.5, 0.6) is 0 Å². The van der Waals surface area contributed by atoms with Crippen LogP contribution < -0.4 is 0 Å². The second-order valence-electron chi connectivity index (χ2n) is 8.05. The van der Waals surface area contributed by atoms with Crippen LogP contribution in [-0.2, 0) is 0 Å². The molecule has 1 aliphatic carbocycles. The van der Waals surface area contributed by atoms with Crippen molar-refractivity contribution in [2.24, 2.45) is 5.92 Å². The monoisotopic (exact) mass is 348 g/mol. The van der Waals surface area contributed by atoms with E-state index in [0.717, 1.165) is 17.0 Å². The molecule has 1 aliphatic heterocycles. The van der Waals surface area contributed by atoms with Gasteiger partial charge in [0.15, 0.2) is 0 Å². The lowest BCUT2D eigenvalue weighted by Crippen LogP contribution is -2.44. The van der Waals surface area contributed by atoms with Gasteiger partial charge < -0.3 is 9.80 Å². The molecule has 1 aromatic rings. The van der Waals surface area contributed by atoms with Crippen molar-refractivity contribution in [3.63, 3.8) is 0 Å². The fourth-order valence-electron chi connectivity index (χ4n) is 4.70. The van der Waals surface area contributed by atoms with Gasteiger partial charge in [0.2, 0.25) is 0 Å². The van der Waals surface area contributed by atoms with Gasteiger partial charge in [0.25, 0.3) is 0 Å². The summed E-state index contributed by atoms with van der Waals surface area (Å²) in [6.45, 7) is 3.70. The Labute approximate surface area is 153 Å². The topological polar surface area (TPSA) is 6.48 Å². The summed E-state index contributed by atoms with van der Waals surface area (Å²) in [5.74, 6) is 1.49. The van der Waals surface area contributed by atoms with Crippen molar-refractivity contribution in [3.05, 3.63) is 34.9 Å². The highest BCUT2D eigenvalue weighted by molar-refractivity contribution is 6.30. The number of halogens is 1. The van der Waals surface area contributed by atoms with E-state index < -0.39 is 0 Å². The lowest BCUT2D eigenvalue weighted by molar-refractivity contribution is 0.126. The number of hydrogen-bond donors (Lipinski definition) is 0. The second kappa shape index (κ2) is 8.69. The highest BCUT2D eigenvalue weighted by atomic mass is 35.5. The van der Waals surface area contributed by atoms with E-state index in [1.54, 1.807) is 0 Å². The standard InChI is InChI=1S/C21H33ClN2/c1-23(2)20-11-13-24(14-12-20)16-21(17-7-4-3-5-8-17)18-9-6-10-19(22)15-18/h6,9-10,15,17,20-21H,3-5,7-8,11-14,16H2,1-2H3. The van der Waals surface area contributed by atoms with Crippen LogP contribution in [0.4, 0.5) is 0 Å². The van der Waals surface area contributed by atoms with E-state index >= 15 is 0 Å². The van der Waals surface area contributed by atoms with Gasteiger partial charge in [-0.1, -0.05) is 43.0 Å². The third kappa shape index (κ3) is 4.74. The van der Waals surface area contributed by atoms with E-state index in [-0.39, 0.29) is 0 Å². The Morgan fingerprint density at radius 3 is 2.42 bits per heavy atom. The number of hydrogen-bond acceptors (Lipinski definition) is 2. The van der Waals surface area contributed by atoms with E-state index in [2.05, 4.69) is 42.1 Å². The van der Waals surface area contributed by atoms with Crippen LogP contribution in [0.1, 0.15) is 56.4 Å². The zero-order valence-corrected chi connectivity index (χ0v) is 16.1. The quantitative estimate of drug-likeness (QED) is 0.736. The van der Waals surface area contributed by atoms with Gasteiger partial charge in [0, 0.05) is 17.6 Å². The molecule has 1 unspecified atom stereocenters. The van der Waals surface area contributed by atoms with Crippen molar-refractivity contribution < 1.29 is 0 Å². The summed E-state index contributed by atoms with van der Waals surface area (Å²) in [7, 11) is 4.44. The Hall–Kier alpha value is -0.570. The predicted octanol–water partition coefficient (Wildman–Crippen LogP) is 5.03. The molecule has 1 aromatic carbocycles. The summed E-state index contributed by atoms with van der Waals surface area (Å²) in [5.41, 5.74) is 1.46. The number of benzene rings is 1. The van der Waals surface area contributed by atoms with E-state index in [1.807, 2.05) is 6.07 Å². The molecule has 134 valence electrons. The molecule has 2 aliphatic rings. The molecule has 3 heteroatoms. The molecule has 1 heterocycles. The van der Waals surface area contributed by atoms with E-state index in [9.17, 15) is 0 Å². The number of piperidine rings is 1. The maximum atomic E-state index is 6.31. The zero-order valence-electron chi connectivity index (χ0n) is 15.4. The van der Waals surface area contributed by atoms with Gasteiger partial charge in [0.05, 0.1) is 0 Å². The van der Waals surface area contributed by atoms with Crippen molar-refractivity contribution in [3.8, 4) is 0 Å². The molecule has 0 spiro atoms. The largest absolute Gasteiger partial charge is 0.306 e. The molecule has 2 fully saturated rings. The lowest BCUT2D eigenvalue weighted by Gasteiger charge is -2.39. The summed E-state index contributed by atoms with van der Waals surface area (Å²) in [6.07, 6.45) is 9.64. The normalized spacial score (nSPS) is 22.8. The molecule has 2 nitrogen and oxygen atoms in total. The molecular weight excluding hydrogens is 316 g/mol. The van der Waals surface area contributed by atoms with Gasteiger partial charge >= 0.3 is 0 Å². The average Bonchev–Trinajstić information content (AvgIpc) is 2.61. The van der Waals surface area contributed by atoms with Gasteiger partial charge in [-0.25, -0.2) is 0 Å². The van der Waals surface area contributed by atoms with Crippen LogP contribution >= 0.6 is 11.6 Å². The molecule has 1 atom stereocenters. The predicted molar refractivity (Wildman–Crippen MR) is 104 cm³/mol. The van der Waals surface area contributed by atoms with Gasteiger partial charge in [-0.15, -0.1) is 0 Å². The molecule has 0 amide bonds. The summed E-state index contributed by atoms with van der Waals surface area (Å²) in [5, 5.41) is 0.889. The summed E-state index contributed by atoms with van der Waals surface area (Å²) >= 11 is 6.31. The van der Waals surface area contributed by atoms with Gasteiger partial charge in [-0.2, -0.15) is 0 Å². The molecule has 1 saturated heterocycles. The lowest BCUT2D eigenvalue weighted by atomic mass is 9.76. The maximum Gasteiger partial charge on any atom is 0.0408 e. The summed E-state index contributed by atoms with van der Waals surface area (Å²) in [6, 6.07) is 9.42. The number of likely N-dealkylation sites (tertiary alicyclic amines) is 1. The molecule has 0 radical (unpaired) electrons. The first kappa shape index (κ1) is 18.2. The first-order chi connectivity index (χ1) is 11.6. The van der Waals surface area contributed by atoms with Crippen LogP contribution in [0, 0.1) is 5.92 Å². The van der Waals surface area contributed by atoms with Crippen molar-refractivity contribution in [2.75, 3.05) is 33.7 Å². The van der Waals surface area contributed by atoms with Crippen molar-refractivity contribution >= 4 is 11.6 Å². The Morgan fingerprint density at radius 2 is 1.79 bits per heavy atom. The highest BCUT2D eigenvalue weighted by Crippen LogP contribution is 2.37. The molecular formula is C21H33ClN2. The van der Waals surface area contributed by atoms with Crippen molar-refractivity contribution in [1.82, 2.24) is 9.80 Å². The highest BCUT2D eigenvalue weighted by Gasteiger charge is 2.29. The Morgan fingerprint density at radius 1 is 1.08 bits per heavy atom. The van der Waals surface area contributed by atoms with E-state index in [0.29, 0.717) is 5.92 Å². The number of rotatable bonds is 5. The minimum atomic E-state index is 0.653. The van der Waals surface area contributed by atoms with Crippen molar-refractivity contribution in [1.29, 1.82) is 0 Å². The van der Waals surface area contributed by atoms with Crippen LogP contribution in [0.2, 0.25) is 5.02 Å². The SMILES string of the molecule is CN(C)C1CCN(CC(c2cccc(Cl)c2)C2CCCCC2)CC1. The van der Waals surface area contributed by atoms with Crippen molar-refractivity contribution in [2.45, 2.75) is 56.9 Å². The van der Waals surface area contributed by atoms with Gasteiger partial charge in [-0.05, 0) is 82.4 Å². The Bertz CT molecular complexity index is 502. The third-order valence-electron chi connectivity index (χ3n) is 6.24.